The Hall–Kier alpha value is -6.44. The number of hydrogen-bond acceptors (Lipinski definition) is 14. The number of sulfone groups is 1. The van der Waals surface area contributed by atoms with E-state index in [9.17, 15) is 54.6 Å². The standard InChI is InChI=1S/C64H76ClF3N6O10S3Si/c1-63(2,3)88(5,6)84-39-38-72(4)33-32-50(42-85-53-10-8-7-9-11-53)69-57-27-25-54(41-58(57)86(80,81)64(66,67)68)87(82,83)71-61(77)45-14-21-51(22-15-45)73-34-28-44(29-35-73)59(75)56-40-47(16-26-55(56)43-12-17-48(65)18-13-43)60(76)70-49-19-23-52(24-20-49)74-36-30-46(31-37-74)62(78)79/h7-27,40-41,44,46,50,59,69,75H,28-39,42H2,1-6H3,(H,70,76)(H,71,77)(H,78,79)/t50-,59+/m1/s1. The zero-order chi connectivity index (χ0) is 63.8. The van der Waals surface area contributed by atoms with Gasteiger partial charge in [0.25, 0.3) is 31.7 Å². The van der Waals surface area contributed by atoms with Crippen LogP contribution in [0.3, 0.4) is 0 Å². The molecule has 2 heterocycles. The number of carboxylic acid groups (broad SMARTS) is 1. The number of rotatable bonds is 24. The Labute approximate surface area is 524 Å². The van der Waals surface area contributed by atoms with E-state index in [0.29, 0.717) is 117 Å². The Balaban J connectivity index is 0.918. The number of nitrogens with zero attached hydrogens (tertiary/aromatic N) is 3. The van der Waals surface area contributed by atoms with Gasteiger partial charge < -0.3 is 40.0 Å². The summed E-state index contributed by atoms with van der Waals surface area (Å²) >= 11 is 7.67. The minimum atomic E-state index is -6.14. The van der Waals surface area contributed by atoms with Gasteiger partial charge in [0, 0.05) is 89.2 Å². The predicted octanol–water partition coefficient (Wildman–Crippen LogP) is 12.8. The van der Waals surface area contributed by atoms with Crippen LogP contribution in [0.25, 0.3) is 11.1 Å². The summed E-state index contributed by atoms with van der Waals surface area (Å²) in [5, 5.41) is 28.1. The van der Waals surface area contributed by atoms with Crippen LogP contribution in [-0.2, 0) is 29.1 Å². The summed E-state index contributed by atoms with van der Waals surface area (Å²) in [6, 6.07) is 36.9. The third-order valence-corrected chi connectivity index (χ3v) is 25.7. The van der Waals surface area contributed by atoms with Crippen LogP contribution >= 0.6 is 23.4 Å². The molecule has 0 aliphatic carbocycles. The molecular weight excluding hydrogens is 1230 g/mol. The molecular formula is C64H76ClF3N6O10S3Si. The first-order valence-electron chi connectivity index (χ1n) is 29.1. The number of halogens is 4. The zero-order valence-corrected chi connectivity index (χ0v) is 54.2. The van der Waals surface area contributed by atoms with Gasteiger partial charge in [0.15, 0.2) is 8.32 Å². The quantitative estimate of drug-likeness (QED) is 0.0281. The van der Waals surface area contributed by atoms with E-state index >= 15 is 0 Å². The van der Waals surface area contributed by atoms with Gasteiger partial charge in [0.05, 0.1) is 22.6 Å². The Morgan fingerprint density at radius 2 is 1.35 bits per heavy atom. The molecule has 6 aromatic rings. The number of carbonyl (C=O) groups excluding carboxylic acids is 2. The molecule has 0 radical (unpaired) electrons. The van der Waals surface area contributed by atoms with Crippen molar-refractivity contribution < 1.29 is 59.0 Å². The van der Waals surface area contributed by atoms with Crippen molar-refractivity contribution in [1.29, 1.82) is 0 Å². The van der Waals surface area contributed by atoms with Gasteiger partial charge in [-0.3, -0.25) is 14.4 Å². The van der Waals surface area contributed by atoms with Crippen LogP contribution in [0.5, 0.6) is 0 Å². The first-order valence-corrected chi connectivity index (χ1v) is 36.3. The number of benzene rings is 6. The number of aliphatic hydroxyl groups is 1. The van der Waals surface area contributed by atoms with Crippen molar-refractivity contribution >= 4 is 92.1 Å². The SMILES string of the molecule is CN(CCO[Si](C)(C)C(C)(C)C)CC[C@H](CSc1ccccc1)Nc1ccc(S(=O)(=O)NC(=O)c2ccc(N3CCC([C@H](O)c4cc(C(=O)Nc5ccc(N6CCC(C(=O)O)CC6)cc5)ccc4-c4ccc(Cl)cc4)CC3)cc2)cc1S(=O)(=O)C(F)(F)F. The summed E-state index contributed by atoms with van der Waals surface area (Å²) in [7, 11) is -11.2. The summed E-state index contributed by atoms with van der Waals surface area (Å²) in [6.45, 7) is 14.5. The molecule has 2 fully saturated rings. The summed E-state index contributed by atoms with van der Waals surface area (Å²) in [5.74, 6) is -2.55. The highest BCUT2D eigenvalue weighted by molar-refractivity contribution is 7.99. The molecule has 5 N–H and O–H groups in total. The second-order valence-corrected chi connectivity index (χ2v) is 33.9. The van der Waals surface area contributed by atoms with Crippen molar-refractivity contribution in [2.75, 3.05) is 79.1 Å². The number of hydrogen-bond donors (Lipinski definition) is 5. The fraction of sp³-hybridized carbons (Fsp3) is 0.391. The maximum atomic E-state index is 14.4. The van der Waals surface area contributed by atoms with Crippen molar-refractivity contribution in [3.05, 3.63) is 161 Å². The number of likely N-dealkylation sites (N-methyl/N-ethyl adjacent to an activating group) is 1. The molecule has 24 heteroatoms. The molecule has 0 saturated carbocycles. The highest BCUT2D eigenvalue weighted by Crippen LogP contribution is 2.41. The van der Waals surface area contributed by atoms with E-state index < -0.39 is 73.2 Å². The number of aliphatic hydroxyl groups excluding tert-OH is 1. The molecule has 0 aromatic heterocycles. The highest BCUT2D eigenvalue weighted by atomic mass is 35.5. The second-order valence-electron chi connectivity index (χ2n) is 23.9. The predicted molar refractivity (Wildman–Crippen MR) is 344 cm³/mol. The van der Waals surface area contributed by atoms with Crippen molar-refractivity contribution in [3.63, 3.8) is 0 Å². The van der Waals surface area contributed by atoms with Gasteiger partial charge in [-0.15, -0.1) is 11.8 Å². The van der Waals surface area contributed by atoms with Gasteiger partial charge in [-0.2, -0.15) is 13.2 Å². The summed E-state index contributed by atoms with van der Waals surface area (Å²) in [5.41, 5.74) is -1.77. The average molecular weight is 1310 g/mol. The molecule has 0 spiro atoms. The van der Waals surface area contributed by atoms with Crippen LogP contribution in [0.15, 0.2) is 154 Å². The molecule has 2 saturated heterocycles. The zero-order valence-electron chi connectivity index (χ0n) is 50.0. The Morgan fingerprint density at radius 3 is 1.94 bits per heavy atom. The van der Waals surface area contributed by atoms with Crippen molar-refractivity contribution in [3.8, 4) is 11.1 Å². The summed E-state index contributed by atoms with van der Waals surface area (Å²) in [6.07, 6.45) is 1.53. The minimum Gasteiger partial charge on any atom is -0.481 e. The lowest BCUT2D eigenvalue weighted by molar-refractivity contribution is -0.142. The number of nitrogens with one attached hydrogen (secondary N) is 3. The molecule has 2 amide bonds. The molecule has 2 aliphatic rings. The largest absolute Gasteiger partial charge is 0.501 e. The number of carboxylic acids is 1. The molecule has 472 valence electrons. The van der Waals surface area contributed by atoms with Crippen molar-refractivity contribution in [2.45, 2.75) is 103 Å². The van der Waals surface area contributed by atoms with E-state index in [-0.39, 0.29) is 28.3 Å². The Bertz CT molecular complexity index is 3630. The smallest absolute Gasteiger partial charge is 0.481 e. The van der Waals surface area contributed by atoms with E-state index in [4.69, 9.17) is 16.0 Å². The number of amides is 2. The molecule has 2 aliphatic heterocycles. The second kappa shape index (κ2) is 28.6. The number of carbonyl (C=O) groups is 3. The van der Waals surface area contributed by atoms with Crippen LogP contribution in [0.2, 0.25) is 23.2 Å². The Morgan fingerprint density at radius 1 is 0.761 bits per heavy atom. The maximum Gasteiger partial charge on any atom is 0.501 e. The van der Waals surface area contributed by atoms with Crippen molar-refractivity contribution in [1.82, 2.24) is 9.62 Å². The third-order valence-electron chi connectivity index (χ3n) is 16.8. The number of thioether (sulfide) groups is 1. The van der Waals surface area contributed by atoms with E-state index in [1.807, 2.05) is 76.2 Å². The topological polar surface area (TPSA) is 215 Å². The van der Waals surface area contributed by atoms with Gasteiger partial charge in [-0.05, 0) is 190 Å². The van der Waals surface area contributed by atoms with Crippen LogP contribution in [-0.4, -0.2) is 128 Å². The molecule has 0 bridgehead atoms. The fourth-order valence-electron chi connectivity index (χ4n) is 10.4. The van der Waals surface area contributed by atoms with Crippen LogP contribution in [0.4, 0.5) is 35.9 Å². The molecule has 16 nitrogen and oxygen atoms in total. The third kappa shape index (κ3) is 17.1. The molecule has 8 rings (SSSR count). The van der Waals surface area contributed by atoms with Crippen LogP contribution < -0.4 is 25.2 Å². The number of aliphatic carboxylic acids is 1. The van der Waals surface area contributed by atoms with Crippen LogP contribution in [0.1, 0.15) is 85.3 Å². The number of anilines is 4. The lowest BCUT2D eigenvalue weighted by atomic mass is 9.83. The lowest BCUT2D eigenvalue weighted by Gasteiger charge is -2.36. The maximum absolute atomic E-state index is 14.4. The van der Waals surface area contributed by atoms with Gasteiger partial charge in [-0.25, -0.2) is 21.6 Å². The molecule has 6 aromatic carbocycles. The van der Waals surface area contributed by atoms with E-state index in [2.05, 4.69) is 49.4 Å². The number of piperidine rings is 2. The van der Waals surface area contributed by atoms with Crippen molar-refractivity contribution in [2.24, 2.45) is 11.8 Å². The minimum absolute atomic E-state index is 0.00825. The van der Waals surface area contributed by atoms with E-state index in [1.54, 1.807) is 54.6 Å². The number of alkyl halides is 3. The molecule has 2 atom stereocenters. The van der Waals surface area contributed by atoms with Crippen LogP contribution in [0, 0.1) is 11.8 Å². The highest BCUT2D eigenvalue weighted by Gasteiger charge is 2.49. The first-order chi connectivity index (χ1) is 41.5. The van der Waals surface area contributed by atoms with Gasteiger partial charge in [-0.1, -0.05) is 68.8 Å². The van der Waals surface area contributed by atoms with E-state index in [0.717, 1.165) is 33.8 Å². The van der Waals surface area contributed by atoms with Gasteiger partial charge in [0.2, 0.25) is 0 Å². The Kier molecular flexibility index (Phi) is 21.9. The molecule has 88 heavy (non-hydrogen) atoms. The van der Waals surface area contributed by atoms with E-state index in [1.165, 1.54) is 23.9 Å². The monoisotopic (exact) mass is 1300 g/mol. The molecule has 0 unspecified atom stereocenters. The fourth-order valence-corrected chi connectivity index (χ4v) is 14.6. The average Bonchev–Trinajstić information content (AvgIpc) is 1.94. The lowest BCUT2D eigenvalue weighted by Crippen LogP contribution is -2.42. The number of sulfonamides is 1. The first kappa shape index (κ1) is 67.5. The summed E-state index contributed by atoms with van der Waals surface area (Å²) < 4.78 is 106. The normalized spacial score (nSPS) is 15.6. The van der Waals surface area contributed by atoms with Gasteiger partial charge >= 0.3 is 11.5 Å². The van der Waals surface area contributed by atoms with Gasteiger partial charge in [0.1, 0.15) is 4.90 Å². The summed E-state index contributed by atoms with van der Waals surface area (Å²) in [4.78, 5) is 43.7.